The fraction of sp³-hybridized carbons (Fsp3) is 0.625. The lowest BCUT2D eigenvalue weighted by Crippen LogP contribution is -2.48. The average Bonchev–Trinajstić information content (AvgIpc) is 2.49. The molecule has 0 saturated carbocycles. The zero-order valence-electron chi connectivity index (χ0n) is 7.49. The fourth-order valence-corrected chi connectivity index (χ4v) is 1.21. The molecule has 0 bridgehead atoms. The van der Waals surface area contributed by atoms with Crippen LogP contribution in [0.25, 0.3) is 0 Å². The van der Waals surface area contributed by atoms with Gasteiger partial charge in [0, 0.05) is 25.5 Å². The quantitative estimate of drug-likeness (QED) is 0.785. The van der Waals surface area contributed by atoms with Crippen LogP contribution in [0.4, 0.5) is 8.78 Å². The highest BCUT2D eigenvalue weighted by molar-refractivity contribution is 4.91. The molecule has 14 heavy (non-hydrogen) atoms. The highest BCUT2D eigenvalue weighted by Crippen LogP contribution is 2.13. The molecule has 0 amide bonds. The van der Waals surface area contributed by atoms with Gasteiger partial charge < -0.3 is 10.1 Å². The van der Waals surface area contributed by atoms with Gasteiger partial charge in [0.1, 0.15) is 12.4 Å². The monoisotopic (exact) mass is 203 g/mol. The minimum atomic E-state index is -2.55. The van der Waals surface area contributed by atoms with Crippen LogP contribution >= 0.6 is 0 Å². The van der Waals surface area contributed by atoms with Crippen LogP contribution in [0.2, 0.25) is 0 Å². The number of hydrogen-bond donors (Lipinski definition) is 1. The zero-order chi connectivity index (χ0) is 9.97. The van der Waals surface area contributed by atoms with Crippen molar-refractivity contribution in [1.29, 1.82) is 0 Å². The van der Waals surface area contributed by atoms with Gasteiger partial charge in [-0.2, -0.15) is 8.78 Å². The van der Waals surface area contributed by atoms with Gasteiger partial charge in [-0.25, -0.2) is 4.98 Å². The Kier molecular flexibility index (Phi) is 2.74. The predicted molar refractivity (Wildman–Crippen MR) is 44.9 cm³/mol. The number of aromatic nitrogens is 2. The van der Waals surface area contributed by atoms with Crippen molar-refractivity contribution in [2.45, 2.75) is 19.3 Å². The molecule has 1 aliphatic heterocycles. The Morgan fingerprint density at radius 3 is 3.00 bits per heavy atom. The van der Waals surface area contributed by atoms with E-state index in [0.29, 0.717) is 0 Å². The normalized spacial score (nSPS) is 17.4. The van der Waals surface area contributed by atoms with Gasteiger partial charge in [-0.3, -0.25) is 4.57 Å². The van der Waals surface area contributed by atoms with Crippen molar-refractivity contribution >= 4 is 0 Å². The maximum absolute atomic E-state index is 12.3. The van der Waals surface area contributed by atoms with Gasteiger partial charge in [-0.15, -0.1) is 0 Å². The first kappa shape index (κ1) is 9.54. The lowest BCUT2D eigenvalue weighted by molar-refractivity contribution is -0.00495. The summed E-state index contributed by atoms with van der Waals surface area (Å²) in [5.41, 5.74) is 0. The first-order chi connectivity index (χ1) is 6.77. The van der Waals surface area contributed by atoms with Crippen molar-refractivity contribution in [3.8, 4) is 0 Å². The molecule has 6 heteroatoms. The van der Waals surface area contributed by atoms with Gasteiger partial charge in [0.2, 0.25) is 0 Å². The molecular formula is C8H11F2N3O. The summed E-state index contributed by atoms with van der Waals surface area (Å²) in [5.74, 6) is 0.270. The van der Waals surface area contributed by atoms with E-state index in [1.807, 2.05) is 0 Å². The minimum Gasteiger partial charge on any atom is -0.368 e. The standard InChI is InChI=1S/C8H11F2N3O/c9-8(10)13-2-1-12-7(13)5-14-6-3-11-4-6/h1-2,6,8,11H,3-5H2. The first-order valence-corrected chi connectivity index (χ1v) is 4.39. The number of nitrogens with zero attached hydrogens (tertiary/aromatic N) is 2. The number of nitrogens with one attached hydrogen (secondary N) is 1. The molecule has 1 aromatic heterocycles. The molecule has 1 saturated heterocycles. The number of ether oxygens (including phenoxy) is 1. The largest absolute Gasteiger partial charge is 0.368 e. The molecule has 0 aliphatic carbocycles. The lowest BCUT2D eigenvalue weighted by Gasteiger charge is -2.26. The van der Waals surface area contributed by atoms with Crippen molar-refractivity contribution in [1.82, 2.24) is 14.9 Å². The summed E-state index contributed by atoms with van der Waals surface area (Å²) in [6.07, 6.45) is 2.74. The number of imidazole rings is 1. The van der Waals surface area contributed by atoms with Crippen LogP contribution in [0.1, 0.15) is 12.4 Å². The maximum atomic E-state index is 12.3. The molecule has 1 N–H and O–H groups in total. The van der Waals surface area contributed by atoms with Crippen LogP contribution in [0.5, 0.6) is 0 Å². The second-order valence-corrected chi connectivity index (χ2v) is 3.12. The Hall–Kier alpha value is -1.01. The van der Waals surface area contributed by atoms with Crippen molar-refractivity contribution in [2.75, 3.05) is 13.1 Å². The minimum absolute atomic E-state index is 0.137. The zero-order valence-corrected chi connectivity index (χ0v) is 7.49. The summed E-state index contributed by atoms with van der Waals surface area (Å²) in [7, 11) is 0. The molecule has 0 spiro atoms. The summed E-state index contributed by atoms with van der Waals surface area (Å²) >= 11 is 0. The van der Waals surface area contributed by atoms with Gasteiger partial charge >= 0.3 is 6.55 Å². The molecule has 1 fully saturated rings. The summed E-state index contributed by atoms with van der Waals surface area (Å²) in [4.78, 5) is 3.81. The van der Waals surface area contributed by atoms with E-state index in [9.17, 15) is 8.78 Å². The van der Waals surface area contributed by atoms with Crippen LogP contribution in [-0.4, -0.2) is 28.7 Å². The smallest absolute Gasteiger partial charge is 0.320 e. The van der Waals surface area contributed by atoms with Gasteiger partial charge in [-0.1, -0.05) is 0 Å². The van der Waals surface area contributed by atoms with Crippen molar-refractivity contribution in [2.24, 2.45) is 0 Å². The molecule has 1 aromatic rings. The van der Waals surface area contributed by atoms with E-state index in [0.717, 1.165) is 17.7 Å². The summed E-state index contributed by atoms with van der Waals surface area (Å²) in [6, 6.07) is 0. The SMILES string of the molecule is FC(F)n1ccnc1COC1CNC1. The van der Waals surface area contributed by atoms with E-state index in [1.54, 1.807) is 0 Å². The van der Waals surface area contributed by atoms with Crippen molar-refractivity contribution in [3.63, 3.8) is 0 Å². The molecule has 0 radical (unpaired) electrons. The third-order valence-electron chi connectivity index (χ3n) is 2.15. The molecule has 78 valence electrons. The van der Waals surface area contributed by atoms with Gasteiger partial charge in [-0.05, 0) is 0 Å². The van der Waals surface area contributed by atoms with Gasteiger partial charge in [0.25, 0.3) is 0 Å². The van der Waals surface area contributed by atoms with Gasteiger partial charge in [0.15, 0.2) is 0 Å². The maximum Gasteiger partial charge on any atom is 0.320 e. The second-order valence-electron chi connectivity index (χ2n) is 3.12. The molecular weight excluding hydrogens is 192 g/mol. The Bertz CT molecular complexity index is 299. The molecule has 0 atom stereocenters. The summed E-state index contributed by atoms with van der Waals surface area (Å²) in [5, 5.41) is 3.03. The Balaban J connectivity index is 1.90. The van der Waals surface area contributed by atoms with Gasteiger partial charge in [0.05, 0.1) is 6.10 Å². The molecule has 1 aliphatic rings. The van der Waals surface area contributed by atoms with E-state index in [4.69, 9.17) is 4.74 Å². The van der Waals surface area contributed by atoms with Crippen LogP contribution < -0.4 is 5.32 Å². The van der Waals surface area contributed by atoms with Crippen LogP contribution in [0.3, 0.4) is 0 Å². The predicted octanol–water partition coefficient (Wildman–Crippen LogP) is 0.767. The summed E-state index contributed by atoms with van der Waals surface area (Å²) in [6.45, 7) is -0.829. The highest BCUT2D eigenvalue weighted by Gasteiger charge is 2.19. The second kappa shape index (κ2) is 4.02. The Morgan fingerprint density at radius 1 is 1.64 bits per heavy atom. The molecule has 2 heterocycles. The van der Waals surface area contributed by atoms with E-state index in [2.05, 4.69) is 10.3 Å². The average molecular weight is 203 g/mol. The Morgan fingerprint density at radius 2 is 2.43 bits per heavy atom. The first-order valence-electron chi connectivity index (χ1n) is 4.39. The molecule has 4 nitrogen and oxygen atoms in total. The van der Waals surface area contributed by atoms with E-state index >= 15 is 0 Å². The van der Waals surface area contributed by atoms with Crippen LogP contribution in [0, 0.1) is 0 Å². The lowest BCUT2D eigenvalue weighted by atomic mass is 10.2. The number of rotatable bonds is 4. The van der Waals surface area contributed by atoms with E-state index in [1.165, 1.54) is 12.4 Å². The van der Waals surface area contributed by atoms with Crippen molar-refractivity contribution < 1.29 is 13.5 Å². The van der Waals surface area contributed by atoms with Crippen molar-refractivity contribution in [3.05, 3.63) is 18.2 Å². The van der Waals surface area contributed by atoms with E-state index < -0.39 is 6.55 Å². The third-order valence-corrected chi connectivity index (χ3v) is 2.15. The summed E-state index contributed by atoms with van der Waals surface area (Å²) < 4.78 is 30.8. The third kappa shape index (κ3) is 1.91. The molecule has 0 unspecified atom stereocenters. The molecule has 0 aromatic carbocycles. The number of hydrogen-bond acceptors (Lipinski definition) is 3. The number of alkyl halides is 2. The van der Waals surface area contributed by atoms with E-state index in [-0.39, 0.29) is 18.5 Å². The van der Waals surface area contributed by atoms with Crippen LogP contribution in [-0.2, 0) is 11.3 Å². The molecule has 2 rings (SSSR count). The number of halogens is 2. The Labute approximate surface area is 79.9 Å². The fourth-order valence-electron chi connectivity index (χ4n) is 1.21. The highest BCUT2D eigenvalue weighted by atomic mass is 19.3. The topological polar surface area (TPSA) is 39.1 Å². The van der Waals surface area contributed by atoms with Crippen LogP contribution in [0.15, 0.2) is 12.4 Å².